The Morgan fingerprint density at radius 3 is 2.37 bits per heavy atom. The van der Waals surface area contributed by atoms with Gasteiger partial charge < -0.3 is 55.0 Å². The molecule has 1 aliphatic carbocycles. The number of esters is 1. The lowest BCUT2D eigenvalue weighted by Gasteiger charge is -2.47. The molecule has 2 amide bonds. The van der Waals surface area contributed by atoms with E-state index in [1.54, 1.807) is 78.0 Å². The summed E-state index contributed by atoms with van der Waals surface area (Å²) in [7, 11) is 2.85. The van der Waals surface area contributed by atoms with E-state index in [9.17, 15) is 44.1 Å². The number of rotatable bonds is 13. The third kappa shape index (κ3) is 14.4. The van der Waals surface area contributed by atoms with Gasteiger partial charge in [-0.15, -0.1) is 6.58 Å². The minimum absolute atomic E-state index is 0.000710. The molecule has 15 unspecified atom stereocenters. The number of piperidine rings is 1. The first-order valence-electron chi connectivity index (χ1n) is 25.9. The highest BCUT2D eigenvalue weighted by Gasteiger charge is 2.57. The summed E-state index contributed by atoms with van der Waals surface area (Å²) in [4.78, 5) is 83.9. The molecule has 18 heteroatoms. The Morgan fingerprint density at radius 1 is 1.03 bits per heavy atom. The number of fused-ring (bicyclic) bond motifs is 3. The van der Waals surface area contributed by atoms with E-state index < -0.39 is 120 Å². The number of Topliss-reactive ketones (excluding diaryl/α,β-unsaturated/α-hetero) is 2. The van der Waals surface area contributed by atoms with Gasteiger partial charge in [-0.25, -0.2) is 9.18 Å². The molecule has 5 rings (SSSR count). The van der Waals surface area contributed by atoms with E-state index in [4.69, 9.17) is 29.4 Å². The number of carbonyl (C=O) groups excluding carboxylic acids is 5. The van der Waals surface area contributed by atoms with Gasteiger partial charge in [0.2, 0.25) is 5.79 Å². The van der Waals surface area contributed by atoms with Crippen molar-refractivity contribution in [3.05, 3.63) is 71.3 Å². The monoisotopic (exact) mass is 1030 g/mol. The minimum Gasteiger partial charge on any atom is -0.480 e. The van der Waals surface area contributed by atoms with Crippen LogP contribution in [0.3, 0.4) is 0 Å². The molecule has 1 aromatic carbocycles. The Kier molecular flexibility index (Phi) is 21.6. The normalized spacial score (nSPS) is 35.9. The lowest BCUT2D eigenvalue weighted by molar-refractivity contribution is -0.302. The Bertz CT molecular complexity index is 2190. The number of aliphatic carboxylic acids is 1. The molecule has 406 valence electrons. The van der Waals surface area contributed by atoms with Crippen LogP contribution in [0.1, 0.15) is 122 Å². The van der Waals surface area contributed by atoms with E-state index in [-0.39, 0.29) is 57.0 Å². The fourth-order valence-corrected chi connectivity index (χ4v) is 11.1. The van der Waals surface area contributed by atoms with Crippen molar-refractivity contribution in [1.29, 1.82) is 0 Å². The molecule has 17 nitrogen and oxygen atoms in total. The summed E-state index contributed by atoms with van der Waals surface area (Å²) in [5.41, 5.74) is 7.44. The first-order valence-corrected chi connectivity index (χ1v) is 25.9. The molecule has 3 aliphatic heterocycles. The largest absolute Gasteiger partial charge is 0.480 e. The third-order valence-corrected chi connectivity index (χ3v) is 15.6. The standard InChI is InChI=1S/C55H80FN3O14/c1-10-22-71-44-27-35(19-20-40(44)58-51(63)38-17-13-12-16-37(38)28-39(57)53(65)66)23-32(5)48-34(7)42(60)29-43(61)36(11-2)24-30(3)47(56)31(4)25-45(69-8)49-46(70-9)26-33(6)55(68,73-49)50(62)52(64)59-21-15-14-18-41(59)54(67)72-48/h10,12-13,16-17,23-24,31,33-36,39-42,44-49,60,68H,1,11,14-15,18-22,25-29,57H2,2-9H3,(H,58,63)(H,65,66)/b30-24+,32-23?/t31?,33?,34?,35?,36?,39-,40?,41?,42?,44?,45?,46?,47?,48?,49?,55?/m1/s1. The van der Waals surface area contributed by atoms with E-state index >= 15 is 4.39 Å². The lowest BCUT2D eigenvalue weighted by Crippen LogP contribution is -2.64. The number of halogens is 1. The molecule has 2 saturated heterocycles. The van der Waals surface area contributed by atoms with Crippen LogP contribution in [0.2, 0.25) is 0 Å². The highest BCUT2D eigenvalue weighted by atomic mass is 19.1. The number of methoxy groups -OCH3 is 2. The second-order valence-electron chi connectivity index (χ2n) is 20.8. The van der Waals surface area contributed by atoms with Crippen molar-refractivity contribution in [3.63, 3.8) is 0 Å². The number of ketones is 2. The molecule has 1 aromatic rings. The first kappa shape index (κ1) is 59.2. The van der Waals surface area contributed by atoms with Gasteiger partial charge in [0.1, 0.15) is 36.2 Å². The van der Waals surface area contributed by atoms with Crippen LogP contribution in [0.25, 0.3) is 0 Å². The second-order valence-corrected chi connectivity index (χ2v) is 20.8. The number of nitrogens with one attached hydrogen (secondary N) is 1. The fourth-order valence-electron chi connectivity index (χ4n) is 11.1. The number of carboxylic acid groups (broad SMARTS) is 1. The van der Waals surface area contributed by atoms with Crippen LogP contribution in [0.15, 0.2) is 60.2 Å². The van der Waals surface area contributed by atoms with Crippen molar-refractivity contribution in [2.75, 3.05) is 27.4 Å². The highest BCUT2D eigenvalue weighted by molar-refractivity contribution is 6.39. The number of carboxylic acids is 1. The zero-order valence-corrected chi connectivity index (χ0v) is 43.8. The van der Waals surface area contributed by atoms with Crippen LogP contribution in [-0.2, 0) is 54.1 Å². The summed E-state index contributed by atoms with van der Waals surface area (Å²) >= 11 is 0. The predicted octanol–water partition coefficient (Wildman–Crippen LogP) is 5.37. The van der Waals surface area contributed by atoms with Crippen molar-refractivity contribution in [3.8, 4) is 0 Å². The van der Waals surface area contributed by atoms with Gasteiger partial charge in [-0.05, 0) is 113 Å². The van der Waals surface area contributed by atoms with Crippen molar-refractivity contribution in [1.82, 2.24) is 10.2 Å². The average molecular weight is 1030 g/mol. The number of nitrogens with zero attached hydrogens (tertiary/aromatic N) is 1. The van der Waals surface area contributed by atoms with Gasteiger partial charge >= 0.3 is 11.9 Å². The number of alkyl halides is 1. The topological polar surface area (TPSA) is 251 Å². The molecule has 16 atom stereocenters. The molecule has 1 saturated carbocycles. The number of aliphatic hydroxyl groups is 2. The van der Waals surface area contributed by atoms with Crippen LogP contribution in [-0.4, -0.2) is 150 Å². The number of benzene rings is 1. The minimum atomic E-state index is -2.66. The number of nitrogens with two attached hydrogens (primary N) is 1. The van der Waals surface area contributed by atoms with Gasteiger partial charge in [0.15, 0.2) is 0 Å². The second kappa shape index (κ2) is 26.7. The van der Waals surface area contributed by atoms with Crippen molar-refractivity contribution in [2.24, 2.45) is 35.3 Å². The summed E-state index contributed by atoms with van der Waals surface area (Å²) in [6.45, 7) is 14.0. The van der Waals surface area contributed by atoms with Gasteiger partial charge in [0, 0.05) is 50.5 Å². The number of hydrogen-bond acceptors (Lipinski definition) is 14. The molecular weight excluding hydrogens is 946 g/mol. The number of carbonyl (C=O) groups is 6. The van der Waals surface area contributed by atoms with Crippen LogP contribution >= 0.6 is 0 Å². The van der Waals surface area contributed by atoms with Gasteiger partial charge in [-0.3, -0.25) is 24.0 Å². The summed E-state index contributed by atoms with van der Waals surface area (Å²) in [6, 6.07) is 3.76. The maximum atomic E-state index is 16.4. The number of amides is 2. The molecular formula is C55H80FN3O14. The fraction of sp³-hybridized carbons (Fsp3) is 0.673. The van der Waals surface area contributed by atoms with E-state index in [1.165, 1.54) is 14.2 Å². The highest BCUT2D eigenvalue weighted by Crippen LogP contribution is 2.40. The van der Waals surface area contributed by atoms with Gasteiger partial charge in [-0.1, -0.05) is 64.1 Å². The van der Waals surface area contributed by atoms with Crippen LogP contribution in [0.4, 0.5) is 4.39 Å². The average Bonchev–Trinajstić information content (AvgIpc) is 3.37. The van der Waals surface area contributed by atoms with Crippen molar-refractivity contribution < 1.29 is 72.2 Å². The molecule has 0 spiro atoms. The van der Waals surface area contributed by atoms with Crippen molar-refractivity contribution in [2.45, 2.75) is 179 Å². The van der Waals surface area contributed by atoms with E-state index in [1.807, 2.05) is 6.08 Å². The number of ether oxygens (including phenoxy) is 5. The summed E-state index contributed by atoms with van der Waals surface area (Å²) < 4.78 is 46.8. The molecule has 3 heterocycles. The molecule has 4 aliphatic rings. The van der Waals surface area contributed by atoms with Gasteiger partial charge in [0.05, 0.1) is 37.1 Å². The van der Waals surface area contributed by atoms with Gasteiger partial charge in [0.25, 0.3) is 17.6 Å². The Morgan fingerprint density at radius 2 is 1.71 bits per heavy atom. The molecule has 0 radical (unpaired) electrons. The lowest BCUT2D eigenvalue weighted by atomic mass is 9.80. The number of cyclic esters (lactones) is 1. The predicted molar refractivity (Wildman–Crippen MR) is 268 cm³/mol. The van der Waals surface area contributed by atoms with E-state index in [2.05, 4.69) is 11.9 Å². The van der Waals surface area contributed by atoms with Crippen LogP contribution < -0.4 is 11.1 Å². The maximum Gasteiger partial charge on any atom is 0.329 e. The third-order valence-electron chi connectivity index (χ3n) is 15.6. The van der Waals surface area contributed by atoms with Crippen LogP contribution in [0, 0.1) is 29.6 Å². The van der Waals surface area contributed by atoms with E-state index in [0.717, 1.165) is 4.90 Å². The zero-order chi connectivity index (χ0) is 53.9. The quantitative estimate of drug-likeness (QED) is 0.0947. The summed E-state index contributed by atoms with van der Waals surface area (Å²) in [5, 5.41) is 36.6. The number of allylic oxidation sites excluding steroid dienone is 3. The Labute approximate surface area is 429 Å². The molecule has 2 bridgehead atoms. The Hall–Kier alpha value is -4.69. The first-order chi connectivity index (χ1) is 34.6. The molecule has 6 N–H and O–H groups in total. The molecule has 0 aromatic heterocycles. The molecule has 73 heavy (non-hydrogen) atoms. The summed E-state index contributed by atoms with van der Waals surface area (Å²) in [6.07, 6.45) is 0.431. The van der Waals surface area contributed by atoms with Crippen molar-refractivity contribution >= 4 is 35.3 Å². The maximum absolute atomic E-state index is 16.4. The zero-order valence-electron chi connectivity index (χ0n) is 43.8. The summed E-state index contributed by atoms with van der Waals surface area (Å²) in [5.74, 6) is -11.3. The smallest absolute Gasteiger partial charge is 0.329 e. The number of aliphatic hydroxyl groups excluding tert-OH is 1. The Balaban J connectivity index is 1.49. The van der Waals surface area contributed by atoms with Crippen LogP contribution in [0.5, 0.6) is 0 Å². The van der Waals surface area contributed by atoms with Gasteiger partial charge in [-0.2, -0.15) is 0 Å². The SMILES string of the molecule is C=CCOC1CC(C=C(C)C2OC(=O)C3CCCCN3C(=O)C(=O)C3(O)OC(C(OC)CC(C)C(F)/C(C)=C/C(CC)C(=O)CC(O)C2C)C(OC)CC3C)CCC1NC(=O)c1ccccc1C[C@@H](N)C(=O)O. The number of hydrogen-bond donors (Lipinski definition) is 5. The van der Waals surface area contributed by atoms with E-state index in [0.29, 0.717) is 60.8 Å². The molecule has 3 fully saturated rings.